The molecule has 0 bridgehead atoms. The maximum Gasteiger partial charge on any atom is 0.254 e. The average molecular weight is 531 g/mol. The molecule has 0 radical (unpaired) electrons. The van der Waals surface area contributed by atoms with Gasteiger partial charge in [-0.2, -0.15) is 5.26 Å². The molecule has 1 aromatic heterocycles. The second-order valence-electron chi connectivity index (χ2n) is 8.19. The number of allylic oxidation sites excluding steroid dienone is 2. The van der Waals surface area contributed by atoms with Crippen LogP contribution in [0.3, 0.4) is 0 Å². The van der Waals surface area contributed by atoms with E-state index >= 15 is 0 Å². The Kier molecular flexibility index (Phi) is 8.40. The largest absolute Gasteiger partial charge is 0.497 e. The third kappa shape index (κ3) is 5.85. The summed E-state index contributed by atoms with van der Waals surface area (Å²) in [6.07, 6.45) is 1.49. The lowest BCUT2D eigenvalue weighted by Crippen LogP contribution is -2.31. The summed E-state index contributed by atoms with van der Waals surface area (Å²) in [5.41, 5.74) is 2.23. The van der Waals surface area contributed by atoms with Crippen molar-refractivity contribution in [2.45, 2.75) is 12.8 Å². The Morgan fingerprint density at radius 2 is 1.89 bits per heavy atom. The summed E-state index contributed by atoms with van der Waals surface area (Å²) in [7, 11) is 3.07. The lowest BCUT2D eigenvalue weighted by molar-refractivity contribution is -0.114. The fourth-order valence-corrected chi connectivity index (χ4v) is 4.93. The molecule has 4 rings (SSSR count). The van der Waals surface area contributed by atoms with Crippen LogP contribution >= 0.6 is 11.8 Å². The average Bonchev–Trinajstić information content (AvgIpc) is 3.46. The van der Waals surface area contributed by atoms with Crippen molar-refractivity contribution in [3.05, 3.63) is 94.6 Å². The molecule has 3 N–H and O–H groups in total. The summed E-state index contributed by atoms with van der Waals surface area (Å²) in [6.45, 7) is 1.75. The number of para-hydroxylation sites is 2. The van der Waals surface area contributed by atoms with Gasteiger partial charge >= 0.3 is 0 Å². The van der Waals surface area contributed by atoms with Crippen molar-refractivity contribution >= 4 is 35.0 Å². The number of nitriles is 1. The standard InChI is InChI=1S/C28H26N4O5S/c1-17-25(27(34)32-21-10-4-5-11-22(21)36-3)26(23-12-7-13-37-23)20(15-29)28(30-17)38-16-24(33)31-18-8-6-9-19(14-18)35-2/h4-14,26,30H,16H2,1-3H3,(H,31,33)(H,32,34)/t26-/m1/s1. The van der Waals surface area contributed by atoms with E-state index in [0.29, 0.717) is 44.9 Å². The first-order valence-corrected chi connectivity index (χ1v) is 12.6. The highest BCUT2D eigenvalue weighted by molar-refractivity contribution is 8.03. The van der Waals surface area contributed by atoms with Crippen molar-refractivity contribution < 1.29 is 23.5 Å². The van der Waals surface area contributed by atoms with E-state index in [0.717, 1.165) is 0 Å². The van der Waals surface area contributed by atoms with E-state index in [1.165, 1.54) is 25.1 Å². The Morgan fingerprint density at radius 1 is 1.08 bits per heavy atom. The molecule has 2 aromatic carbocycles. The third-order valence-corrected chi connectivity index (χ3v) is 6.79. The molecule has 194 valence electrons. The number of dihydropyridines is 1. The number of methoxy groups -OCH3 is 2. The molecule has 3 aromatic rings. The number of carbonyl (C=O) groups is 2. The molecule has 0 fully saturated rings. The number of hydrogen-bond acceptors (Lipinski definition) is 8. The number of furan rings is 1. The van der Waals surface area contributed by atoms with Crippen LogP contribution in [0.5, 0.6) is 11.5 Å². The first kappa shape index (κ1) is 26.4. The minimum Gasteiger partial charge on any atom is -0.497 e. The van der Waals surface area contributed by atoms with E-state index in [1.54, 1.807) is 74.7 Å². The van der Waals surface area contributed by atoms with E-state index in [4.69, 9.17) is 13.9 Å². The summed E-state index contributed by atoms with van der Waals surface area (Å²) < 4.78 is 16.2. The molecule has 2 amide bonds. The zero-order valence-electron chi connectivity index (χ0n) is 21.0. The van der Waals surface area contributed by atoms with Crippen molar-refractivity contribution in [2.24, 2.45) is 0 Å². The van der Waals surface area contributed by atoms with Crippen LogP contribution < -0.4 is 25.4 Å². The molecule has 1 aliphatic heterocycles. The van der Waals surface area contributed by atoms with Crippen LogP contribution in [0.4, 0.5) is 11.4 Å². The molecule has 0 saturated heterocycles. The number of anilines is 2. The fraction of sp³-hybridized carbons (Fsp3) is 0.179. The number of thioether (sulfide) groups is 1. The maximum atomic E-state index is 13.5. The minimum absolute atomic E-state index is 0.0334. The quantitative estimate of drug-likeness (QED) is 0.353. The highest BCUT2D eigenvalue weighted by Gasteiger charge is 2.36. The number of rotatable bonds is 9. The number of ether oxygens (including phenoxy) is 2. The van der Waals surface area contributed by atoms with Crippen LogP contribution in [0.15, 0.2) is 93.2 Å². The van der Waals surface area contributed by atoms with Gasteiger partial charge in [0.1, 0.15) is 17.3 Å². The van der Waals surface area contributed by atoms with E-state index in [2.05, 4.69) is 22.0 Å². The van der Waals surface area contributed by atoms with Gasteiger partial charge in [0.15, 0.2) is 0 Å². The molecule has 0 aliphatic carbocycles. The Balaban J connectivity index is 1.58. The first-order valence-electron chi connectivity index (χ1n) is 11.6. The number of nitrogens with one attached hydrogen (secondary N) is 3. The predicted molar refractivity (Wildman–Crippen MR) is 146 cm³/mol. The van der Waals surface area contributed by atoms with Crippen LogP contribution in [0.2, 0.25) is 0 Å². The maximum absolute atomic E-state index is 13.5. The lowest BCUT2D eigenvalue weighted by atomic mass is 9.85. The molecule has 1 atom stereocenters. The number of amides is 2. The fourth-order valence-electron chi connectivity index (χ4n) is 4.04. The molecule has 10 heteroatoms. The van der Waals surface area contributed by atoms with Gasteiger partial charge in [0, 0.05) is 17.5 Å². The number of benzene rings is 2. The highest BCUT2D eigenvalue weighted by Crippen LogP contribution is 2.41. The van der Waals surface area contributed by atoms with Gasteiger partial charge in [0.05, 0.1) is 60.1 Å². The number of carbonyl (C=O) groups excluding carboxylic acids is 2. The van der Waals surface area contributed by atoms with Gasteiger partial charge in [-0.25, -0.2) is 0 Å². The number of hydrogen-bond donors (Lipinski definition) is 3. The summed E-state index contributed by atoms with van der Waals surface area (Å²) in [5.74, 6) is 0.165. The molecular weight excluding hydrogens is 504 g/mol. The molecule has 0 saturated carbocycles. The Labute approximate surface area is 224 Å². The zero-order valence-corrected chi connectivity index (χ0v) is 21.8. The second-order valence-corrected chi connectivity index (χ2v) is 9.18. The van der Waals surface area contributed by atoms with Gasteiger partial charge < -0.3 is 29.8 Å². The molecular formula is C28H26N4O5S. The highest BCUT2D eigenvalue weighted by atomic mass is 32.2. The van der Waals surface area contributed by atoms with E-state index < -0.39 is 11.8 Å². The summed E-state index contributed by atoms with van der Waals surface area (Å²) in [6, 6.07) is 19.7. The molecule has 1 aliphatic rings. The Hall–Kier alpha value is -4.62. The SMILES string of the molecule is COc1cccc(NC(=O)CSC2=C(C#N)[C@H](c3ccco3)C(C(=O)Nc3ccccc3OC)=C(C)N2)c1. The lowest BCUT2D eigenvalue weighted by Gasteiger charge is -2.28. The van der Waals surface area contributed by atoms with Crippen LogP contribution in [-0.2, 0) is 9.59 Å². The van der Waals surface area contributed by atoms with Crippen molar-refractivity contribution in [3.63, 3.8) is 0 Å². The molecule has 9 nitrogen and oxygen atoms in total. The van der Waals surface area contributed by atoms with Crippen LogP contribution in [0, 0.1) is 11.3 Å². The minimum atomic E-state index is -0.769. The Morgan fingerprint density at radius 3 is 2.61 bits per heavy atom. The van der Waals surface area contributed by atoms with Crippen molar-refractivity contribution in [1.82, 2.24) is 5.32 Å². The first-order chi connectivity index (χ1) is 18.4. The van der Waals surface area contributed by atoms with Gasteiger partial charge in [0.2, 0.25) is 5.91 Å². The van der Waals surface area contributed by atoms with E-state index in [-0.39, 0.29) is 17.2 Å². The predicted octanol–water partition coefficient (Wildman–Crippen LogP) is 5.00. The van der Waals surface area contributed by atoms with E-state index in [1.807, 2.05) is 0 Å². The molecule has 0 unspecified atom stereocenters. The Bertz CT molecular complexity index is 1440. The summed E-state index contributed by atoms with van der Waals surface area (Å²) >= 11 is 1.17. The van der Waals surface area contributed by atoms with E-state index in [9.17, 15) is 14.9 Å². The smallest absolute Gasteiger partial charge is 0.254 e. The van der Waals surface area contributed by atoms with Crippen molar-refractivity contribution in [3.8, 4) is 17.6 Å². The van der Waals surface area contributed by atoms with Crippen LogP contribution in [0.1, 0.15) is 18.6 Å². The van der Waals surface area contributed by atoms with Gasteiger partial charge in [-0.15, -0.1) is 0 Å². The second kappa shape index (κ2) is 12.1. The third-order valence-electron chi connectivity index (χ3n) is 5.78. The molecule has 38 heavy (non-hydrogen) atoms. The van der Waals surface area contributed by atoms with Gasteiger partial charge in [-0.3, -0.25) is 9.59 Å². The monoisotopic (exact) mass is 530 g/mol. The van der Waals surface area contributed by atoms with Crippen LogP contribution in [-0.4, -0.2) is 31.8 Å². The molecule has 0 spiro atoms. The summed E-state index contributed by atoms with van der Waals surface area (Å²) in [4.78, 5) is 26.2. The van der Waals surface area contributed by atoms with Gasteiger partial charge in [-0.1, -0.05) is 30.0 Å². The summed E-state index contributed by atoms with van der Waals surface area (Å²) in [5, 5.41) is 19.5. The van der Waals surface area contributed by atoms with Crippen molar-refractivity contribution in [2.75, 3.05) is 30.6 Å². The zero-order chi connectivity index (χ0) is 27.1. The molecule has 2 heterocycles. The van der Waals surface area contributed by atoms with Gasteiger partial charge in [-0.05, 0) is 43.3 Å². The number of nitrogens with zero attached hydrogens (tertiary/aromatic N) is 1. The van der Waals surface area contributed by atoms with Crippen LogP contribution in [0.25, 0.3) is 0 Å². The van der Waals surface area contributed by atoms with Crippen molar-refractivity contribution in [1.29, 1.82) is 5.26 Å². The van der Waals surface area contributed by atoms with Gasteiger partial charge in [0.25, 0.3) is 5.91 Å². The topological polar surface area (TPSA) is 126 Å². The normalized spacial score (nSPS) is 14.8.